The Hall–Kier alpha value is -2.08. The molecule has 0 saturated carbocycles. The molecular weight excluding hydrogens is 244 g/mol. The molecule has 0 heterocycles. The third-order valence-electron chi connectivity index (χ3n) is 2.38. The standard InChI is InChI=1S/C14H16N2O3/c1-14(17,18)19-16(12-5-3-2-4-6-12)13-9-7-11(15)8-10-13/h2-10,17-18H,15H2,1H3. The van der Waals surface area contributed by atoms with E-state index in [0.717, 1.165) is 6.92 Å². The summed E-state index contributed by atoms with van der Waals surface area (Å²) < 4.78 is 0. The maximum atomic E-state index is 9.43. The van der Waals surface area contributed by atoms with Crippen LogP contribution in [0.25, 0.3) is 0 Å². The highest BCUT2D eigenvalue weighted by atomic mass is 16.9. The Bertz CT molecular complexity index is 521. The molecule has 19 heavy (non-hydrogen) atoms. The average molecular weight is 260 g/mol. The molecular formula is C14H16N2O3. The van der Waals surface area contributed by atoms with Crippen molar-refractivity contribution in [3.8, 4) is 0 Å². The van der Waals surface area contributed by atoms with Crippen molar-refractivity contribution in [1.82, 2.24) is 0 Å². The van der Waals surface area contributed by atoms with Gasteiger partial charge in [0, 0.05) is 12.6 Å². The summed E-state index contributed by atoms with van der Waals surface area (Å²) in [5.41, 5.74) is 7.55. The Labute approximate surface area is 111 Å². The average Bonchev–Trinajstić information content (AvgIpc) is 2.37. The Morgan fingerprint density at radius 3 is 2.00 bits per heavy atom. The van der Waals surface area contributed by atoms with Gasteiger partial charge in [0.1, 0.15) is 0 Å². The van der Waals surface area contributed by atoms with E-state index in [0.29, 0.717) is 17.1 Å². The van der Waals surface area contributed by atoms with Crippen LogP contribution in [0.2, 0.25) is 0 Å². The van der Waals surface area contributed by atoms with Crippen molar-refractivity contribution in [2.75, 3.05) is 10.8 Å². The van der Waals surface area contributed by atoms with Crippen LogP contribution in [-0.4, -0.2) is 16.2 Å². The van der Waals surface area contributed by atoms with Crippen LogP contribution in [0.3, 0.4) is 0 Å². The molecule has 100 valence electrons. The highest BCUT2D eigenvalue weighted by Crippen LogP contribution is 2.28. The first-order chi connectivity index (χ1) is 8.96. The summed E-state index contributed by atoms with van der Waals surface area (Å²) in [5, 5.41) is 20.2. The second-order valence-electron chi connectivity index (χ2n) is 4.25. The van der Waals surface area contributed by atoms with E-state index in [1.54, 1.807) is 36.4 Å². The van der Waals surface area contributed by atoms with Gasteiger partial charge in [-0.05, 0) is 36.4 Å². The molecule has 0 fully saturated rings. The zero-order chi connectivity index (χ0) is 13.9. The van der Waals surface area contributed by atoms with Gasteiger partial charge in [-0.1, -0.05) is 18.2 Å². The van der Waals surface area contributed by atoms with Crippen LogP contribution >= 0.6 is 0 Å². The number of nitrogens with two attached hydrogens (primary N) is 1. The molecule has 5 nitrogen and oxygen atoms in total. The van der Waals surface area contributed by atoms with Crippen LogP contribution < -0.4 is 10.8 Å². The van der Waals surface area contributed by atoms with Crippen LogP contribution in [-0.2, 0) is 4.84 Å². The fourth-order valence-corrected chi connectivity index (χ4v) is 1.60. The molecule has 4 N–H and O–H groups in total. The van der Waals surface area contributed by atoms with Gasteiger partial charge in [0.25, 0.3) is 5.97 Å². The van der Waals surface area contributed by atoms with Gasteiger partial charge in [0.2, 0.25) is 0 Å². The maximum Gasteiger partial charge on any atom is 0.297 e. The van der Waals surface area contributed by atoms with Crippen LogP contribution in [0, 0.1) is 0 Å². The molecule has 0 radical (unpaired) electrons. The minimum atomic E-state index is -2.28. The second-order valence-corrected chi connectivity index (χ2v) is 4.25. The van der Waals surface area contributed by atoms with E-state index in [1.807, 2.05) is 18.2 Å². The molecule has 0 saturated heterocycles. The van der Waals surface area contributed by atoms with Gasteiger partial charge in [-0.3, -0.25) is 0 Å². The summed E-state index contributed by atoms with van der Waals surface area (Å²) in [5.74, 6) is -2.28. The molecule has 0 bridgehead atoms. The van der Waals surface area contributed by atoms with Crippen LogP contribution in [0.4, 0.5) is 17.1 Å². The van der Waals surface area contributed by atoms with E-state index in [2.05, 4.69) is 0 Å². The van der Waals surface area contributed by atoms with Crippen LogP contribution in [0.5, 0.6) is 0 Å². The van der Waals surface area contributed by atoms with Gasteiger partial charge in [-0.15, -0.1) is 0 Å². The van der Waals surface area contributed by atoms with Crippen molar-refractivity contribution in [3.05, 3.63) is 54.6 Å². The summed E-state index contributed by atoms with van der Waals surface area (Å²) in [7, 11) is 0. The normalized spacial score (nSPS) is 11.3. The van der Waals surface area contributed by atoms with Crippen LogP contribution in [0.15, 0.2) is 54.6 Å². The topological polar surface area (TPSA) is 79.0 Å². The summed E-state index contributed by atoms with van der Waals surface area (Å²) in [6.45, 7) is 1.14. The Balaban J connectivity index is 2.37. The predicted molar refractivity (Wildman–Crippen MR) is 73.4 cm³/mol. The van der Waals surface area contributed by atoms with Gasteiger partial charge in [-0.25, -0.2) is 9.90 Å². The minimum Gasteiger partial charge on any atom is -0.399 e. The first-order valence-electron chi connectivity index (χ1n) is 5.80. The van der Waals surface area contributed by atoms with Crippen molar-refractivity contribution in [2.24, 2.45) is 0 Å². The lowest BCUT2D eigenvalue weighted by atomic mass is 10.2. The Morgan fingerprint density at radius 2 is 1.47 bits per heavy atom. The number of para-hydroxylation sites is 1. The van der Waals surface area contributed by atoms with E-state index < -0.39 is 5.97 Å². The molecule has 0 aliphatic rings. The van der Waals surface area contributed by atoms with Crippen molar-refractivity contribution in [1.29, 1.82) is 0 Å². The molecule has 0 unspecified atom stereocenters. The van der Waals surface area contributed by atoms with E-state index >= 15 is 0 Å². The van der Waals surface area contributed by atoms with Gasteiger partial charge < -0.3 is 15.9 Å². The monoisotopic (exact) mass is 260 g/mol. The number of nitrogen functional groups attached to an aromatic ring is 1. The first kappa shape index (κ1) is 13.4. The third-order valence-corrected chi connectivity index (χ3v) is 2.38. The Kier molecular flexibility index (Phi) is 3.71. The largest absolute Gasteiger partial charge is 0.399 e. The van der Waals surface area contributed by atoms with Crippen molar-refractivity contribution in [2.45, 2.75) is 12.9 Å². The zero-order valence-corrected chi connectivity index (χ0v) is 10.5. The third kappa shape index (κ3) is 3.69. The highest BCUT2D eigenvalue weighted by molar-refractivity contribution is 5.62. The van der Waals surface area contributed by atoms with E-state index in [9.17, 15) is 10.2 Å². The van der Waals surface area contributed by atoms with Crippen molar-refractivity contribution < 1.29 is 15.1 Å². The van der Waals surface area contributed by atoms with E-state index in [-0.39, 0.29) is 0 Å². The SMILES string of the molecule is CC(O)(O)ON(c1ccccc1)c1ccc(N)cc1. The van der Waals surface area contributed by atoms with Gasteiger partial charge in [0.15, 0.2) is 0 Å². The highest BCUT2D eigenvalue weighted by Gasteiger charge is 2.23. The van der Waals surface area contributed by atoms with Crippen molar-refractivity contribution in [3.63, 3.8) is 0 Å². The number of benzene rings is 2. The summed E-state index contributed by atoms with van der Waals surface area (Å²) in [6.07, 6.45) is 0. The van der Waals surface area contributed by atoms with E-state index in [4.69, 9.17) is 10.6 Å². The molecule has 2 rings (SSSR count). The summed E-state index contributed by atoms with van der Waals surface area (Å²) >= 11 is 0. The zero-order valence-electron chi connectivity index (χ0n) is 10.5. The first-order valence-corrected chi connectivity index (χ1v) is 5.80. The molecule has 0 amide bonds. The molecule has 2 aromatic carbocycles. The Morgan fingerprint density at radius 1 is 0.947 bits per heavy atom. The fraction of sp³-hybridized carbons (Fsp3) is 0.143. The maximum absolute atomic E-state index is 9.43. The van der Waals surface area contributed by atoms with Crippen molar-refractivity contribution >= 4 is 17.1 Å². The summed E-state index contributed by atoms with van der Waals surface area (Å²) in [6, 6.07) is 16.0. The second kappa shape index (κ2) is 5.27. The molecule has 0 atom stereocenters. The quantitative estimate of drug-likeness (QED) is 0.445. The number of aliphatic hydroxyl groups is 2. The van der Waals surface area contributed by atoms with Crippen LogP contribution in [0.1, 0.15) is 6.92 Å². The number of anilines is 3. The van der Waals surface area contributed by atoms with E-state index in [1.165, 1.54) is 5.06 Å². The summed E-state index contributed by atoms with van der Waals surface area (Å²) in [4.78, 5) is 5.15. The van der Waals surface area contributed by atoms with Gasteiger partial charge in [0.05, 0.1) is 11.4 Å². The lowest BCUT2D eigenvalue weighted by molar-refractivity contribution is -0.325. The molecule has 2 aromatic rings. The smallest absolute Gasteiger partial charge is 0.297 e. The minimum absolute atomic E-state index is 0.618. The van der Waals surface area contributed by atoms with Gasteiger partial charge in [-0.2, -0.15) is 0 Å². The number of hydrogen-bond donors (Lipinski definition) is 3. The van der Waals surface area contributed by atoms with Gasteiger partial charge >= 0.3 is 0 Å². The molecule has 0 aromatic heterocycles. The fourth-order valence-electron chi connectivity index (χ4n) is 1.60. The molecule has 0 aliphatic carbocycles. The number of hydrogen-bond acceptors (Lipinski definition) is 5. The lowest BCUT2D eigenvalue weighted by Crippen LogP contribution is -2.35. The number of nitrogens with zero attached hydrogens (tertiary/aromatic N) is 1. The number of rotatable bonds is 4. The lowest BCUT2D eigenvalue weighted by Gasteiger charge is -2.29. The molecule has 0 spiro atoms. The molecule has 0 aliphatic heterocycles. The molecule has 5 heteroatoms. The predicted octanol–water partition coefficient (Wildman–Crippen LogP) is 2.00.